The molecule has 7 nitrogen and oxygen atoms in total. The number of hydrogen-bond donors (Lipinski definition) is 3. The minimum Gasteiger partial charge on any atom is -0.377 e. The summed E-state index contributed by atoms with van der Waals surface area (Å²) in [6.07, 6.45) is 1.39. The van der Waals surface area contributed by atoms with Crippen LogP contribution in [0.15, 0.2) is 23.4 Å². The van der Waals surface area contributed by atoms with Crippen LogP contribution in [0.1, 0.15) is 13.8 Å². The summed E-state index contributed by atoms with van der Waals surface area (Å²) in [5, 5.41) is -0.139. The van der Waals surface area contributed by atoms with Gasteiger partial charge in [-0.2, -0.15) is 0 Å². The van der Waals surface area contributed by atoms with Crippen molar-refractivity contribution >= 4 is 15.7 Å². The Hall–Kier alpha value is -1.22. The van der Waals surface area contributed by atoms with Crippen LogP contribution in [-0.4, -0.2) is 32.7 Å². The monoisotopic (exact) mass is 274 g/mol. The maximum Gasteiger partial charge on any atom is 0.260 e. The van der Waals surface area contributed by atoms with Crippen LogP contribution in [-0.2, 0) is 14.8 Å². The van der Waals surface area contributed by atoms with Crippen molar-refractivity contribution in [2.24, 2.45) is 5.84 Å². The van der Waals surface area contributed by atoms with E-state index in [4.69, 9.17) is 10.6 Å². The van der Waals surface area contributed by atoms with Gasteiger partial charge in [-0.3, -0.25) is 5.84 Å². The fourth-order valence-electron chi connectivity index (χ4n) is 1.12. The van der Waals surface area contributed by atoms with Crippen LogP contribution in [0.5, 0.6) is 0 Å². The van der Waals surface area contributed by atoms with E-state index in [0.29, 0.717) is 0 Å². The topological polar surface area (TPSA) is 106 Å². The predicted molar refractivity (Wildman–Crippen MR) is 68.3 cm³/mol. The first-order valence-electron chi connectivity index (χ1n) is 5.29. The largest absolute Gasteiger partial charge is 0.377 e. The van der Waals surface area contributed by atoms with E-state index in [2.05, 4.69) is 15.1 Å². The van der Waals surface area contributed by atoms with Gasteiger partial charge in [0.25, 0.3) is 10.0 Å². The number of hydrazine groups is 1. The molecule has 0 saturated heterocycles. The lowest BCUT2D eigenvalue weighted by Gasteiger charge is -2.23. The lowest BCUT2D eigenvalue weighted by Crippen LogP contribution is -2.40. The van der Waals surface area contributed by atoms with Crippen molar-refractivity contribution in [3.8, 4) is 0 Å². The molecule has 0 spiro atoms. The number of aromatic nitrogens is 1. The fourth-order valence-corrected chi connectivity index (χ4v) is 2.41. The van der Waals surface area contributed by atoms with Gasteiger partial charge in [0.1, 0.15) is 0 Å². The maximum atomic E-state index is 12.0. The van der Waals surface area contributed by atoms with Gasteiger partial charge in [0, 0.05) is 19.9 Å². The minimum atomic E-state index is -3.73. The first-order valence-corrected chi connectivity index (χ1v) is 6.77. The number of nitrogens with two attached hydrogens (primary N) is 1. The Morgan fingerprint density at radius 3 is 2.72 bits per heavy atom. The number of ether oxygens (including phenoxy) is 1. The molecule has 102 valence electrons. The van der Waals surface area contributed by atoms with Gasteiger partial charge < -0.3 is 10.2 Å². The van der Waals surface area contributed by atoms with E-state index in [-0.39, 0.29) is 17.3 Å². The molecule has 4 N–H and O–H groups in total. The molecule has 18 heavy (non-hydrogen) atoms. The average molecular weight is 274 g/mol. The van der Waals surface area contributed by atoms with E-state index >= 15 is 0 Å². The Kier molecular flexibility index (Phi) is 4.63. The van der Waals surface area contributed by atoms with E-state index in [1.165, 1.54) is 19.4 Å². The van der Waals surface area contributed by atoms with Crippen molar-refractivity contribution in [2.45, 2.75) is 24.5 Å². The molecule has 1 rings (SSSR count). The molecule has 0 aliphatic rings. The number of sulfonamides is 1. The summed E-state index contributed by atoms with van der Waals surface area (Å²) in [6, 6.07) is 3.12. The van der Waals surface area contributed by atoms with Gasteiger partial charge in [-0.05, 0) is 26.0 Å². The van der Waals surface area contributed by atoms with Crippen molar-refractivity contribution in [2.75, 3.05) is 19.1 Å². The predicted octanol–water partition coefficient (Wildman–Crippen LogP) is 0.0705. The highest BCUT2D eigenvalue weighted by atomic mass is 32.2. The molecule has 8 heteroatoms. The van der Waals surface area contributed by atoms with Crippen molar-refractivity contribution in [1.82, 2.24) is 9.71 Å². The Labute approximate surface area is 107 Å². The molecule has 0 atom stereocenters. The fraction of sp³-hybridized carbons (Fsp3) is 0.500. The second kappa shape index (κ2) is 5.61. The third-order valence-electron chi connectivity index (χ3n) is 2.42. The number of pyridine rings is 1. The highest BCUT2D eigenvalue weighted by Crippen LogP contribution is 2.17. The number of nitrogens with zero attached hydrogens (tertiary/aromatic N) is 1. The van der Waals surface area contributed by atoms with Crippen LogP contribution in [0.2, 0.25) is 0 Å². The van der Waals surface area contributed by atoms with Gasteiger partial charge in [0.15, 0.2) is 5.03 Å². The normalized spacial score (nSPS) is 12.4. The summed E-state index contributed by atoms with van der Waals surface area (Å²) in [6.45, 7) is 3.68. The molecule has 0 unspecified atom stereocenters. The number of methoxy groups -OCH3 is 1. The highest BCUT2D eigenvalue weighted by molar-refractivity contribution is 7.89. The molecule has 1 aromatic heterocycles. The molecule has 0 fully saturated rings. The molecule has 0 aliphatic carbocycles. The molecule has 0 aromatic carbocycles. The van der Waals surface area contributed by atoms with Crippen LogP contribution in [0.4, 0.5) is 5.69 Å². The van der Waals surface area contributed by atoms with Crippen LogP contribution in [0.3, 0.4) is 0 Å². The molecule has 0 aliphatic heterocycles. The molecular weight excluding hydrogens is 256 g/mol. The molecule has 0 amide bonds. The number of hydrogen-bond acceptors (Lipinski definition) is 6. The molecule has 1 heterocycles. The number of anilines is 1. The molecule has 0 radical (unpaired) electrons. The van der Waals surface area contributed by atoms with Crippen LogP contribution < -0.4 is 16.0 Å². The van der Waals surface area contributed by atoms with Crippen LogP contribution in [0, 0.1) is 0 Å². The third-order valence-corrected chi connectivity index (χ3v) is 3.78. The van der Waals surface area contributed by atoms with Crippen molar-refractivity contribution < 1.29 is 13.2 Å². The van der Waals surface area contributed by atoms with E-state index < -0.39 is 15.6 Å². The summed E-state index contributed by atoms with van der Waals surface area (Å²) in [7, 11) is -2.21. The number of nitrogen functional groups attached to an aromatic ring is 1. The summed E-state index contributed by atoms with van der Waals surface area (Å²) >= 11 is 0. The zero-order valence-corrected chi connectivity index (χ0v) is 11.4. The van der Waals surface area contributed by atoms with Crippen molar-refractivity contribution in [3.05, 3.63) is 18.3 Å². The van der Waals surface area contributed by atoms with Gasteiger partial charge in [-0.25, -0.2) is 18.1 Å². The smallest absolute Gasteiger partial charge is 0.260 e. The highest BCUT2D eigenvalue weighted by Gasteiger charge is 2.24. The van der Waals surface area contributed by atoms with Gasteiger partial charge in [0.05, 0.1) is 11.3 Å². The second-order valence-corrected chi connectivity index (χ2v) is 5.97. The van der Waals surface area contributed by atoms with Gasteiger partial charge >= 0.3 is 0 Å². The SMILES string of the molecule is COC(C)(C)CNS(=O)(=O)c1ncccc1NN. The van der Waals surface area contributed by atoms with Gasteiger partial charge in [-0.15, -0.1) is 0 Å². The molecule has 0 saturated carbocycles. The lowest BCUT2D eigenvalue weighted by atomic mass is 10.1. The average Bonchev–Trinajstić information content (AvgIpc) is 2.37. The first-order chi connectivity index (χ1) is 8.32. The van der Waals surface area contributed by atoms with E-state index in [9.17, 15) is 8.42 Å². The van der Waals surface area contributed by atoms with Crippen molar-refractivity contribution in [1.29, 1.82) is 0 Å². The van der Waals surface area contributed by atoms with Crippen LogP contribution in [0.25, 0.3) is 0 Å². The summed E-state index contributed by atoms with van der Waals surface area (Å²) in [4.78, 5) is 3.81. The molecule has 1 aromatic rings. The van der Waals surface area contributed by atoms with E-state index in [0.717, 1.165) is 0 Å². The Bertz CT molecular complexity index is 502. The third kappa shape index (κ3) is 3.64. The maximum absolute atomic E-state index is 12.0. The quantitative estimate of drug-likeness (QED) is 0.500. The minimum absolute atomic E-state index is 0.131. The van der Waals surface area contributed by atoms with Gasteiger partial charge in [0.2, 0.25) is 0 Å². The first kappa shape index (κ1) is 14.8. The summed E-state index contributed by atoms with van der Waals surface area (Å²) in [5.74, 6) is 5.25. The standard InChI is InChI=1S/C10H18N4O3S/c1-10(2,17-3)7-13-18(15,16)9-8(14-11)5-4-6-12-9/h4-6,13-14H,7,11H2,1-3H3. The number of rotatable bonds is 6. The Morgan fingerprint density at radius 2 is 2.17 bits per heavy atom. The zero-order chi connectivity index (χ0) is 13.8. The van der Waals surface area contributed by atoms with Crippen LogP contribution >= 0.6 is 0 Å². The Morgan fingerprint density at radius 1 is 1.50 bits per heavy atom. The molecule has 0 bridgehead atoms. The second-order valence-electron chi connectivity index (χ2n) is 4.29. The Balaban J connectivity index is 2.94. The van der Waals surface area contributed by atoms with Crippen molar-refractivity contribution in [3.63, 3.8) is 0 Å². The summed E-state index contributed by atoms with van der Waals surface area (Å²) < 4.78 is 31.7. The number of nitrogens with one attached hydrogen (secondary N) is 2. The van der Waals surface area contributed by atoms with E-state index in [1.54, 1.807) is 19.9 Å². The van der Waals surface area contributed by atoms with E-state index in [1.807, 2.05) is 0 Å². The molecular formula is C10H18N4O3S. The zero-order valence-electron chi connectivity index (χ0n) is 10.6. The van der Waals surface area contributed by atoms with Gasteiger partial charge in [-0.1, -0.05) is 0 Å². The lowest BCUT2D eigenvalue weighted by molar-refractivity contribution is 0.0276. The summed E-state index contributed by atoms with van der Waals surface area (Å²) in [5.41, 5.74) is 1.94.